The summed E-state index contributed by atoms with van der Waals surface area (Å²) < 4.78 is 36.2. The molecule has 2 N–H and O–H groups in total. The normalized spacial score (nSPS) is 13.0. The number of sulfonamides is 1. The molecule has 208 valence electrons. The van der Waals surface area contributed by atoms with E-state index < -0.39 is 34.1 Å². The van der Waals surface area contributed by atoms with Crippen molar-refractivity contribution < 1.29 is 27.9 Å². The Morgan fingerprint density at radius 3 is 2.17 bits per heavy atom. The van der Waals surface area contributed by atoms with Gasteiger partial charge in [0.25, 0.3) is 0 Å². The van der Waals surface area contributed by atoms with Crippen molar-refractivity contribution in [2.75, 3.05) is 0 Å². The Morgan fingerprint density at radius 1 is 0.950 bits per heavy atom. The Morgan fingerprint density at radius 2 is 1.60 bits per heavy atom. The number of carboxylic acid groups (broad SMARTS) is 1. The Balaban J connectivity index is 1.74. The number of aromatic nitrogens is 2. The third-order valence-electron chi connectivity index (χ3n) is 6.70. The maximum atomic E-state index is 13.4. The second-order valence-electron chi connectivity index (χ2n) is 9.81. The summed E-state index contributed by atoms with van der Waals surface area (Å²) in [6.45, 7) is 8.67. The highest BCUT2D eigenvalue weighted by Gasteiger charge is 2.30. The molecule has 10 heteroatoms. The molecule has 1 heterocycles. The van der Waals surface area contributed by atoms with Gasteiger partial charge in [0.15, 0.2) is 6.10 Å². The van der Waals surface area contributed by atoms with Gasteiger partial charge >= 0.3 is 11.9 Å². The molecule has 0 saturated carbocycles. The molecule has 9 nitrogen and oxygen atoms in total. The first kappa shape index (κ1) is 28.7. The van der Waals surface area contributed by atoms with E-state index in [9.17, 15) is 23.1 Å². The van der Waals surface area contributed by atoms with E-state index in [4.69, 9.17) is 4.74 Å². The standard InChI is InChI=1S/C30H31N3O6S/c1-18-6-10-25(11-7-18)40(37,38)32-22(5)30(36)39-28(27-20(3)14-23(29(34)35)15-21(27)4)26-16-24(9-8-19(26)2)33-13-12-31-17-33/h6-17,22,28,32H,1-5H3,(H,34,35)/t22-,28-/m0/s1. The van der Waals surface area contributed by atoms with Gasteiger partial charge in [-0.2, -0.15) is 4.72 Å². The molecule has 4 aromatic rings. The number of carboxylic acids is 1. The van der Waals surface area contributed by atoms with Crippen LogP contribution in [-0.2, 0) is 19.6 Å². The fraction of sp³-hybridized carbons (Fsp3) is 0.233. The Hall–Kier alpha value is -4.28. The number of rotatable bonds is 9. The van der Waals surface area contributed by atoms with Gasteiger partial charge in [-0.05, 0) is 87.7 Å². The lowest BCUT2D eigenvalue weighted by Gasteiger charge is -2.26. The molecule has 1 aromatic heterocycles. The van der Waals surface area contributed by atoms with Gasteiger partial charge in [-0.15, -0.1) is 0 Å². The minimum atomic E-state index is -3.99. The highest BCUT2D eigenvalue weighted by atomic mass is 32.2. The molecule has 0 aliphatic rings. The molecule has 0 amide bonds. The van der Waals surface area contributed by atoms with Gasteiger partial charge in [0.2, 0.25) is 10.0 Å². The first-order valence-electron chi connectivity index (χ1n) is 12.6. The van der Waals surface area contributed by atoms with Crippen LogP contribution in [-0.4, -0.2) is 41.1 Å². The smallest absolute Gasteiger partial charge is 0.335 e. The summed E-state index contributed by atoms with van der Waals surface area (Å²) in [4.78, 5) is 29.2. The average molecular weight is 562 g/mol. The van der Waals surface area contributed by atoms with Crippen LogP contribution in [0.4, 0.5) is 0 Å². The number of esters is 1. The summed E-state index contributed by atoms with van der Waals surface area (Å²) in [6.07, 6.45) is 4.15. The van der Waals surface area contributed by atoms with E-state index in [1.54, 1.807) is 44.7 Å². The van der Waals surface area contributed by atoms with Gasteiger partial charge in [0, 0.05) is 29.2 Å². The van der Waals surface area contributed by atoms with Crippen molar-refractivity contribution >= 4 is 22.0 Å². The fourth-order valence-electron chi connectivity index (χ4n) is 4.56. The van der Waals surface area contributed by atoms with E-state index in [1.807, 2.05) is 36.6 Å². The first-order valence-corrected chi connectivity index (χ1v) is 14.1. The average Bonchev–Trinajstić information content (AvgIpc) is 3.43. The number of carbonyl (C=O) groups excluding carboxylic acids is 1. The minimum absolute atomic E-state index is 0.0362. The van der Waals surface area contributed by atoms with Gasteiger partial charge in [0.1, 0.15) is 6.04 Å². The van der Waals surface area contributed by atoms with Crippen LogP contribution in [0.15, 0.2) is 78.2 Å². The number of ether oxygens (including phenoxy) is 1. The van der Waals surface area contributed by atoms with Crippen LogP contribution in [0.2, 0.25) is 0 Å². The van der Waals surface area contributed by atoms with Crippen molar-refractivity contribution in [3.8, 4) is 5.69 Å². The SMILES string of the molecule is Cc1ccc(S(=O)(=O)N[C@@H](C)C(=O)O[C@@H](c2cc(-n3ccnc3)ccc2C)c2c(C)cc(C(=O)O)cc2C)cc1. The second-order valence-corrected chi connectivity index (χ2v) is 11.5. The molecule has 0 radical (unpaired) electrons. The number of aryl methyl sites for hydroxylation is 4. The summed E-state index contributed by atoms with van der Waals surface area (Å²) in [5, 5.41) is 9.54. The Kier molecular flexibility index (Phi) is 8.22. The molecule has 0 saturated heterocycles. The number of imidazole rings is 1. The lowest BCUT2D eigenvalue weighted by molar-refractivity contribution is -0.149. The van der Waals surface area contributed by atoms with Crippen molar-refractivity contribution in [2.45, 2.75) is 51.7 Å². The molecule has 0 spiro atoms. The molecule has 0 unspecified atom stereocenters. The predicted octanol–water partition coefficient (Wildman–Crippen LogP) is 4.80. The van der Waals surface area contributed by atoms with E-state index in [-0.39, 0.29) is 10.5 Å². The predicted molar refractivity (Wildman–Crippen MR) is 150 cm³/mol. The topological polar surface area (TPSA) is 128 Å². The molecule has 40 heavy (non-hydrogen) atoms. The number of aromatic carboxylic acids is 1. The third kappa shape index (κ3) is 6.13. The van der Waals surface area contributed by atoms with Gasteiger partial charge in [0.05, 0.1) is 16.8 Å². The van der Waals surface area contributed by atoms with Crippen LogP contribution < -0.4 is 4.72 Å². The summed E-state index contributed by atoms with van der Waals surface area (Å²) in [5.74, 6) is -1.85. The molecule has 3 aromatic carbocycles. The van der Waals surface area contributed by atoms with Gasteiger partial charge in [-0.25, -0.2) is 18.2 Å². The molecule has 0 aliphatic heterocycles. The van der Waals surface area contributed by atoms with Crippen LogP contribution in [0.25, 0.3) is 5.69 Å². The fourth-order valence-corrected chi connectivity index (χ4v) is 5.75. The monoisotopic (exact) mass is 561 g/mol. The maximum absolute atomic E-state index is 13.4. The van der Waals surface area contributed by atoms with Crippen molar-refractivity contribution in [3.05, 3.63) is 112 Å². The molecule has 4 rings (SSSR count). The number of nitrogens with one attached hydrogen (secondary N) is 1. The third-order valence-corrected chi connectivity index (χ3v) is 8.26. The first-order chi connectivity index (χ1) is 18.9. The van der Waals surface area contributed by atoms with Gasteiger partial charge < -0.3 is 14.4 Å². The zero-order valence-corrected chi connectivity index (χ0v) is 23.7. The zero-order valence-electron chi connectivity index (χ0n) is 22.9. The largest absolute Gasteiger partial charge is 0.478 e. The molecule has 2 atom stereocenters. The molecular formula is C30H31N3O6S. The Bertz CT molecular complexity index is 1640. The summed E-state index contributed by atoms with van der Waals surface area (Å²) in [7, 11) is -3.99. The molecule has 0 fully saturated rings. The van der Waals surface area contributed by atoms with Crippen molar-refractivity contribution in [1.82, 2.24) is 14.3 Å². The molecular weight excluding hydrogens is 530 g/mol. The number of nitrogens with zero attached hydrogens (tertiary/aromatic N) is 2. The lowest BCUT2D eigenvalue weighted by Crippen LogP contribution is -2.40. The molecule has 0 bridgehead atoms. The molecule has 0 aliphatic carbocycles. The van der Waals surface area contributed by atoms with E-state index in [0.29, 0.717) is 22.3 Å². The van der Waals surface area contributed by atoms with Crippen molar-refractivity contribution in [1.29, 1.82) is 0 Å². The van der Waals surface area contributed by atoms with E-state index in [0.717, 1.165) is 16.8 Å². The minimum Gasteiger partial charge on any atom is -0.478 e. The van der Waals surface area contributed by atoms with Gasteiger partial charge in [-0.1, -0.05) is 23.8 Å². The quantitative estimate of drug-likeness (QED) is 0.281. The zero-order chi connectivity index (χ0) is 29.2. The van der Waals surface area contributed by atoms with Crippen LogP contribution in [0.3, 0.4) is 0 Å². The van der Waals surface area contributed by atoms with Crippen LogP contribution in [0.5, 0.6) is 0 Å². The summed E-state index contributed by atoms with van der Waals surface area (Å²) >= 11 is 0. The maximum Gasteiger partial charge on any atom is 0.335 e. The highest BCUT2D eigenvalue weighted by molar-refractivity contribution is 7.89. The summed E-state index contributed by atoms with van der Waals surface area (Å²) in [5.41, 5.74) is 5.17. The van der Waals surface area contributed by atoms with Gasteiger partial charge in [-0.3, -0.25) is 4.79 Å². The number of benzene rings is 3. The van der Waals surface area contributed by atoms with E-state index in [1.165, 1.54) is 31.2 Å². The number of hydrogen-bond donors (Lipinski definition) is 2. The number of hydrogen-bond acceptors (Lipinski definition) is 6. The van der Waals surface area contributed by atoms with Crippen molar-refractivity contribution in [2.24, 2.45) is 0 Å². The second kappa shape index (κ2) is 11.4. The van der Waals surface area contributed by atoms with Crippen molar-refractivity contribution in [3.63, 3.8) is 0 Å². The van der Waals surface area contributed by atoms with E-state index >= 15 is 0 Å². The highest BCUT2D eigenvalue weighted by Crippen LogP contribution is 2.35. The van der Waals surface area contributed by atoms with Crippen LogP contribution in [0, 0.1) is 27.7 Å². The lowest BCUT2D eigenvalue weighted by atomic mass is 9.89. The summed E-state index contributed by atoms with van der Waals surface area (Å²) in [6, 6.07) is 13.8. The van der Waals surface area contributed by atoms with Crippen LogP contribution in [0.1, 0.15) is 56.8 Å². The van der Waals surface area contributed by atoms with Crippen LogP contribution >= 0.6 is 0 Å². The van der Waals surface area contributed by atoms with E-state index in [2.05, 4.69) is 9.71 Å². The Labute approximate surface area is 233 Å². The number of carbonyl (C=O) groups is 2.